The first-order chi connectivity index (χ1) is 13.4. The molecule has 8 N–H and O–H groups in total. The molecule has 0 saturated heterocycles. The molecule has 0 aromatic heterocycles. The van der Waals surface area contributed by atoms with Gasteiger partial charge < -0.3 is 32.6 Å². The predicted molar refractivity (Wildman–Crippen MR) is 120 cm³/mol. The first-order valence-corrected chi connectivity index (χ1v) is 10.3. The predicted octanol–water partition coefficient (Wildman–Crippen LogP) is 1.02. The molecule has 9 nitrogen and oxygen atoms in total. The molecule has 0 bridgehead atoms. The maximum absolute atomic E-state index is 12.3. The van der Waals surface area contributed by atoms with Gasteiger partial charge in [-0.1, -0.05) is 6.07 Å². The largest absolute Gasteiger partial charge is 0.444 e. The summed E-state index contributed by atoms with van der Waals surface area (Å²) in [6, 6.07) is 3.64. The Morgan fingerprint density at radius 3 is 2.45 bits per heavy atom. The van der Waals surface area contributed by atoms with E-state index in [0.717, 1.165) is 9.13 Å². The number of ether oxygens (including phenoxy) is 1. The molecule has 1 rings (SSSR count). The van der Waals surface area contributed by atoms with Gasteiger partial charge in [-0.2, -0.15) is 0 Å². The number of nitrogens with one attached hydrogen (secondary N) is 2. The highest BCUT2D eigenvalue weighted by atomic mass is 127. The number of benzene rings is 1. The molecule has 29 heavy (non-hydrogen) atoms. The molecule has 0 unspecified atom stereocenters. The highest BCUT2D eigenvalue weighted by Crippen LogP contribution is 2.17. The third-order valence-corrected chi connectivity index (χ3v) is 4.80. The van der Waals surface area contributed by atoms with Gasteiger partial charge in [-0.3, -0.25) is 9.59 Å². The smallest absolute Gasteiger partial charge is 0.407 e. The van der Waals surface area contributed by atoms with Crippen molar-refractivity contribution >= 4 is 46.2 Å². The maximum atomic E-state index is 12.3. The van der Waals surface area contributed by atoms with Crippen LogP contribution < -0.4 is 27.8 Å². The van der Waals surface area contributed by atoms with Crippen molar-refractivity contribution in [1.29, 1.82) is 0 Å². The summed E-state index contributed by atoms with van der Waals surface area (Å²) < 4.78 is 5.97. The number of nitrogen functional groups attached to an aromatic ring is 1. The zero-order valence-electron chi connectivity index (χ0n) is 17.0. The number of rotatable bonds is 9. The van der Waals surface area contributed by atoms with E-state index in [2.05, 4.69) is 33.2 Å². The standard InChI is InChI=1S/C19H30IN5O4/c1-19(2,3)29-18(28)24-8-4-5-14(22)17(27)25-15(16(23)26)10-11-6-7-13(21)12(20)9-11/h6-7,9,14-15H,4-5,8,10,21-22H2,1-3H3,(H2,23,26)(H,24,28)(H,25,27)/t14-,15-/m0/s1. The number of nitrogens with two attached hydrogens (primary N) is 3. The van der Waals surface area contributed by atoms with Gasteiger partial charge in [0, 0.05) is 22.2 Å². The van der Waals surface area contributed by atoms with Crippen molar-refractivity contribution < 1.29 is 19.1 Å². The Hall–Kier alpha value is -2.08. The summed E-state index contributed by atoms with van der Waals surface area (Å²) in [5, 5.41) is 5.20. The van der Waals surface area contributed by atoms with Crippen molar-refractivity contribution in [3.63, 3.8) is 0 Å². The minimum Gasteiger partial charge on any atom is -0.444 e. The number of hydrogen-bond acceptors (Lipinski definition) is 6. The lowest BCUT2D eigenvalue weighted by atomic mass is 10.0. The number of anilines is 1. The molecule has 0 spiro atoms. The first kappa shape index (κ1) is 25.0. The molecule has 0 fully saturated rings. The average molecular weight is 519 g/mol. The topological polar surface area (TPSA) is 163 Å². The highest BCUT2D eigenvalue weighted by Gasteiger charge is 2.22. The minimum atomic E-state index is -0.882. The fourth-order valence-electron chi connectivity index (χ4n) is 2.39. The van der Waals surface area contributed by atoms with Gasteiger partial charge >= 0.3 is 6.09 Å². The van der Waals surface area contributed by atoms with Gasteiger partial charge in [-0.05, 0) is 73.9 Å². The van der Waals surface area contributed by atoms with Crippen LogP contribution in [0.4, 0.5) is 10.5 Å². The van der Waals surface area contributed by atoms with Gasteiger partial charge in [0.05, 0.1) is 6.04 Å². The van der Waals surface area contributed by atoms with E-state index in [0.29, 0.717) is 25.1 Å². The van der Waals surface area contributed by atoms with Crippen LogP contribution in [0.5, 0.6) is 0 Å². The van der Waals surface area contributed by atoms with Crippen LogP contribution in [0.3, 0.4) is 0 Å². The van der Waals surface area contributed by atoms with Crippen molar-refractivity contribution in [1.82, 2.24) is 10.6 Å². The first-order valence-electron chi connectivity index (χ1n) is 9.25. The van der Waals surface area contributed by atoms with Crippen molar-refractivity contribution in [3.8, 4) is 0 Å². The summed E-state index contributed by atoms with van der Waals surface area (Å²) in [5.41, 5.74) is 18.0. The summed E-state index contributed by atoms with van der Waals surface area (Å²) >= 11 is 2.09. The lowest BCUT2D eigenvalue weighted by molar-refractivity contribution is -0.128. The number of halogens is 1. The van der Waals surface area contributed by atoms with Crippen LogP contribution in [0.1, 0.15) is 39.2 Å². The minimum absolute atomic E-state index is 0.240. The van der Waals surface area contributed by atoms with Gasteiger partial charge in [0.15, 0.2) is 0 Å². The van der Waals surface area contributed by atoms with Crippen molar-refractivity contribution in [2.75, 3.05) is 12.3 Å². The van der Waals surface area contributed by atoms with Crippen molar-refractivity contribution in [2.24, 2.45) is 11.5 Å². The molecule has 1 aromatic rings. The van der Waals surface area contributed by atoms with Crippen LogP contribution in [-0.4, -0.2) is 42.1 Å². The Kier molecular flexibility index (Phi) is 9.63. The fraction of sp³-hybridized carbons (Fsp3) is 0.526. The SMILES string of the molecule is CC(C)(C)OC(=O)NCCC[C@H](N)C(=O)N[C@@H](Cc1ccc(N)c(I)c1)C(N)=O. The Morgan fingerprint density at radius 2 is 1.90 bits per heavy atom. The lowest BCUT2D eigenvalue weighted by Crippen LogP contribution is -2.51. The number of hydrogen-bond donors (Lipinski definition) is 5. The molecule has 0 aliphatic rings. The van der Waals surface area contributed by atoms with Crippen LogP contribution in [0.15, 0.2) is 18.2 Å². The van der Waals surface area contributed by atoms with Crippen LogP contribution in [-0.2, 0) is 20.7 Å². The van der Waals surface area contributed by atoms with Gasteiger partial charge in [0.1, 0.15) is 11.6 Å². The Bertz CT molecular complexity index is 736. The van der Waals surface area contributed by atoms with Gasteiger partial charge in [0.2, 0.25) is 11.8 Å². The van der Waals surface area contributed by atoms with E-state index in [-0.39, 0.29) is 6.42 Å². The summed E-state index contributed by atoms with van der Waals surface area (Å²) in [5.74, 6) is -1.12. The summed E-state index contributed by atoms with van der Waals surface area (Å²) in [6.07, 6.45) is 0.519. The van der Waals surface area contributed by atoms with Crippen LogP contribution >= 0.6 is 22.6 Å². The molecule has 2 atom stereocenters. The Morgan fingerprint density at radius 1 is 1.24 bits per heavy atom. The van der Waals surface area contributed by atoms with E-state index >= 15 is 0 Å². The van der Waals surface area contributed by atoms with E-state index < -0.39 is 35.6 Å². The highest BCUT2D eigenvalue weighted by molar-refractivity contribution is 14.1. The molecule has 0 aliphatic heterocycles. The number of carbonyl (C=O) groups is 3. The van der Waals surface area contributed by atoms with Crippen LogP contribution in [0.25, 0.3) is 0 Å². The van der Waals surface area contributed by atoms with Gasteiger partial charge in [-0.25, -0.2) is 4.79 Å². The lowest BCUT2D eigenvalue weighted by Gasteiger charge is -2.20. The molecule has 162 valence electrons. The fourth-order valence-corrected chi connectivity index (χ4v) is 2.97. The van der Waals surface area contributed by atoms with Gasteiger partial charge in [-0.15, -0.1) is 0 Å². The average Bonchev–Trinajstić information content (AvgIpc) is 2.59. The second kappa shape index (κ2) is 11.2. The van der Waals surface area contributed by atoms with E-state index in [1.54, 1.807) is 32.9 Å². The van der Waals surface area contributed by atoms with Crippen molar-refractivity contribution in [2.45, 2.75) is 57.7 Å². The number of amides is 3. The second-order valence-electron chi connectivity index (χ2n) is 7.70. The second-order valence-corrected chi connectivity index (χ2v) is 8.86. The third-order valence-electron chi connectivity index (χ3n) is 3.86. The third kappa shape index (κ3) is 9.79. The van der Waals surface area contributed by atoms with Crippen molar-refractivity contribution in [3.05, 3.63) is 27.3 Å². The monoisotopic (exact) mass is 519 g/mol. The van der Waals surface area contributed by atoms with E-state index in [4.69, 9.17) is 21.9 Å². The van der Waals surface area contributed by atoms with E-state index in [1.165, 1.54) is 0 Å². The Labute approximate surface area is 184 Å². The number of alkyl carbamates (subject to hydrolysis) is 1. The molecule has 0 radical (unpaired) electrons. The molecular weight excluding hydrogens is 489 g/mol. The molecule has 0 heterocycles. The Balaban J connectivity index is 2.48. The molecule has 10 heteroatoms. The molecule has 0 aliphatic carbocycles. The summed E-state index contributed by atoms with van der Waals surface area (Å²) in [4.78, 5) is 35.6. The molecule has 3 amide bonds. The summed E-state index contributed by atoms with van der Waals surface area (Å²) in [6.45, 7) is 5.63. The number of carbonyl (C=O) groups excluding carboxylic acids is 3. The van der Waals surface area contributed by atoms with Gasteiger partial charge in [0.25, 0.3) is 0 Å². The quantitative estimate of drug-likeness (QED) is 0.186. The van der Waals surface area contributed by atoms with E-state index in [1.807, 2.05) is 6.07 Å². The molecular formula is C19H30IN5O4. The van der Waals surface area contributed by atoms with E-state index in [9.17, 15) is 14.4 Å². The normalized spacial score (nSPS) is 13.3. The molecule has 1 aromatic carbocycles. The summed E-state index contributed by atoms with van der Waals surface area (Å²) in [7, 11) is 0. The maximum Gasteiger partial charge on any atom is 0.407 e. The number of primary amides is 1. The van der Waals surface area contributed by atoms with Crippen LogP contribution in [0.2, 0.25) is 0 Å². The zero-order chi connectivity index (χ0) is 22.2. The zero-order valence-corrected chi connectivity index (χ0v) is 19.1. The van der Waals surface area contributed by atoms with Crippen LogP contribution in [0, 0.1) is 3.57 Å². The molecule has 0 saturated carbocycles.